The normalized spacial score (nSPS) is 12.6. The zero-order chi connectivity index (χ0) is 12.3. The second kappa shape index (κ2) is 5.10. The molecule has 2 heterocycles. The molecule has 90 valence electrons. The van der Waals surface area contributed by atoms with Gasteiger partial charge in [0.15, 0.2) is 0 Å². The van der Waals surface area contributed by atoms with Crippen LogP contribution in [0.4, 0.5) is 0 Å². The summed E-state index contributed by atoms with van der Waals surface area (Å²) in [6.07, 6.45) is 4.39. The number of aliphatic hydroxyl groups excluding tert-OH is 1. The molecule has 0 aliphatic heterocycles. The van der Waals surface area contributed by atoms with Crippen LogP contribution in [0.25, 0.3) is 11.3 Å². The molecular weight excluding hydrogens is 214 g/mol. The molecule has 2 aromatic heterocycles. The highest BCUT2D eigenvalue weighted by Gasteiger charge is 2.15. The van der Waals surface area contributed by atoms with E-state index in [-0.39, 0.29) is 12.5 Å². The summed E-state index contributed by atoms with van der Waals surface area (Å²) in [6.45, 7) is 4.17. The summed E-state index contributed by atoms with van der Waals surface area (Å²) in [5, 5.41) is 9.28. The number of aromatic nitrogens is 3. The number of nitrogens with zero attached hydrogens (tertiary/aromatic N) is 2. The Bertz CT molecular complexity index is 475. The number of hydrogen-bond donors (Lipinski definition) is 2. The van der Waals surface area contributed by atoms with Gasteiger partial charge in [0, 0.05) is 29.6 Å². The zero-order valence-electron chi connectivity index (χ0n) is 10.1. The topological polar surface area (TPSA) is 61.8 Å². The van der Waals surface area contributed by atoms with Crippen LogP contribution in [0.1, 0.15) is 30.8 Å². The van der Waals surface area contributed by atoms with Gasteiger partial charge in [0.25, 0.3) is 0 Å². The number of nitrogens with one attached hydrogen (secondary N) is 1. The van der Waals surface area contributed by atoms with Crippen LogP contribution in [0, 0.1) is 6.92 Å². The van der Waals surface area contributed by atoms with Crippen LogP contribution in [-0.2, 0) is 0 Å². The van der Waals surface area contributed by atoms with Gasteiger partial charge in [0.1, 0.15) is 5.82 Å². The van der Waals surface area contributed by atoms with Crippen molar-refractivity contribution in [3.63, 3.8) is 0 Å². The molecule has 1 atom stereocenters. The number of H-pyrrole nitrogens is 1. The summed E-state index contributed by atoms with van der Waals surface area (Å²) in [4.78, 5) is 11.8. The van der Waals surface area contributed by atoms with Crippen molar-refractivity contribution in [3.05, 3.63) is 36.0 Å². The molecule has 0 aromatic carbocycles. The molecule has 2 N–H and O–H groups in total. The molecule has 0 aliphatic rings. The SMILES string of the molecule is CCC(CO)c1nc(-c2ccncc2)c(C)[nH]1. The van der Waals surface area contributed by atoms with Crippen LogP contribution in [0.15, 0.2) is 24.5 Å². The summed E-state index contributed by atoms with van der Waals surface area (Å²) < 4.78 is 0. The minimum atomic E-state index is 0.0873. The molecule has 0 amide bonds. The van der Waals surface area contributed by atoms with Crippen LogP contribution < -0.4 is 0 Å². The Morgan fingerprint density at radius 1 is 1.35 bits per heavy atom. The highest BCUT2D eigenvalue weighted by Crippen LogP contribution is 2.24. The van der Waals surface area contributed by atoms with Gasteiger partial charge in [-0.15, -0.1) is 0 Å². The van der Waals surface area contributed by atoms with Crippen molar-refractivity contribution in [2.45, 2.75) is 26.2 Å². The van der Waals surface area contributed by atoms with Crippen molar-refractivity contribution in [2.24, 2.45) is 0 Å². The Morgan fingerprint density at radius 2 is 2.06 bits per heavy atom. The van der Waals surface area contributed by atoms with Gasteiger partial charge in [-0.05, 0) is 25.5 Å². The third-order valence-corrected chi connectivity index (χ3v) is 2.96. The predicted octanol–water partition coefficient (Wildman–Crippen LogP) is 2.27. The summed E-state index contributed by atoms with van der Waals surface area (Å²) in [5.41, 5.74) is 3.01. The van der Waals surface area contributed by atoms with Crippen LogP contribution in [0.3, 0.4) is 0 Å². The average Bonchev–Trinajstić information content (AvgIpc) is 2.74. The van der Waals surface area contributed by atoms with Crippen LogP contribution >= 0.6 is 0 Å². The first kappa shape index (κ1) is 11.8. The molecule has 17 heavy (non-hydrogen) atoms. The summed E-state index contributed by atoms with van der Waals surface area (Å²) in [5.74, 6) is 0.948. The van der Waals surface area contributed by atoms with Gasteiger partial charge in [-0.2, -0.15) is 0 Å². The Kier molecular flexibility index (Phi) is 3.54. The van der Waals surface area contributed by atoms with E-state index in [1.54, 1.807) is 12.4 Å². The number of imidazole rings is 1. The Balaban J connectivity index is 2.37. The standard InChI is InChI=1S/C13H17N3O/c1-3-10(8-17)13-15-9(2)12(16-13)11-4-6-14-7-5-11/h4-7,10,17H,3,8H2,1-2H3,(H,15,16). The van der Waals surface area contributed by atoms with E-state index in [2.05, 4.69) is 15.0 Å². The lowest BCUT2D eigenvalue weighted by atomic mass is 10.1. The second-order valence-electron chi connectivity index (χ2n) is 4.12. The van der Waals surface area contributed by atoms with Crippen molar-refractivity contribution in [2.75, 3.05) is 6.61 Å². The van der Waals surface area contributed by atoms with E-state index < -0.39 is 0 Å². The van der Waals surface area contributed by atoms with E-state index in [0.29, 0.717) is 0 Å². The molecule has 0 radical (unpaired) electrons. The summed E-state index contributed by atoms with van der Waals surface area (Å²) >= 11 is 0. The number of aliphatic hydroxyl groups is 1. The lowest BCUT2D eigenvalue weighted by Gasteiger charge is -2.06. The molecule has 0 saturated carbocycles. The number of pyridine rings is 1. The third-order valence-electron chi connectivity index (χ3n) is 2.96. The van der Waals surface area contributed by atoms with Gasteiger partial charge in [-0.1, -0.05) is 6.92 Å². The Morgan fingerprint density at radius 3 is 2.65 bits per heavy atom. The highest BCUT2D eigenvalue weighted by molar-refractivity contribution is 5.61. The van der Waals surface area contributed by atoms with Crippen molar-refractivity contribution >= 4 is 0 Å². The summed E-state index contributed by atoms with van der Waals surface area (Å²) in [7, 11) is 0. The second-order valence-corrected chi connectivity index (χ2v) is 4.12. The number of rotatable bonds is 4. The third kappa shape index (κ3) is 2.36. The first-order valence-electron chi connectivity index (χ1n) is 5.84. The summed E-state index contributed by atoms with van der Waals surface area (Å²) in [6, 6.07) is 3.87. The van der Waals surface area contributed by atoms with Crippen LogP contribution in [0.5, 0.6) is 0 Å². The fraction of sp³-hybridized carbons (Fsp3) is 0.385. The van der Waals surface area contributed by atoms with E-state index >= 15 is 0 Å². The van der Waals surface area contributed by atoms with E-state index in [4.69, 9.17) is 0 Å². The zero-order valence-corrected chi connectivity index (χ0v) is 10.1. The van der Waals surface area contributed by atoms with Gasteiger partial charge in [0.05, 0.1) is 12.3 Å². The van der Waals surface area contributed by atoms with Gasteiger partial charge in [-0.25, -0.2) is 4.98 Å². The molecule has 1 unspecified atom stereocenters. The lowest BCUT2D eigenvalue weighted by molar-refractivity contribution is 0.258. The van der Waals surface area contributed by atoms with Gasteiger partial charge >= 0.3 is 0 Å². The maximum absolute atomic E-state index is 9.28. The van der Waals surface area contributed by atoms with Crippen molar-refractivity contribution in [1.29, 1.82) is 0 Å². The minimum Gasteiger partial charge on any atom is -0.396 e. The molecule has 4 heteroatoms. The van der Waals surface area contributed by atoms with Crippen molar-refractivity contribution in [1.82, 2.24) is 15.0 Å². The van der Waals surface area contributed by atoms with E-state index in [9.17, 15) is 5.11 Å². The smallest absolute Gasteiger partial charge is 0.112 e. The molecule has 2 aromatic rings. The molecule has 0 bridgehead atoms. The van der Waals surface area contributed by atoms with E-state index in [0.717, 1.165) is 29.2 Å². The molecule has 0 fully saturated rings. The largest absolute Gasteiger partial charge is 0.396 e. The van der Waals surface area contributed by atoms with Crippen molar-refractivity contribution < 1.29 is 5.11 Å². The first-order valence-corrected chi connectivity index (χ1v) is 5.84. The first-order chi connectivity index (χ1) is 8.26. The Hall–Kier alpha value is -1.68. The average molecular weight is 231 g/mol. The van der Waals surface area contributed by atoms with E-state index in [1.807, 2.05) is 26.0 Å². The van der Waals surface area contributed by atoms with Gasteiger partial charge in [0.2, 0.25) is 0 Å². The van der Waals surface area contributed by atoms with E-state index in [1.165, 1.54) is 0 Å². The molecule has 0 saturated heterocycles. The maximum Gasteiger partial charge on any atom is 0.112 e. The van der Waals surface area contributed by atoms with Crippen molar-refractivity contribution in [3.8, 4) is 11.3 Å². The Labute approximate surface area is 101 Å². The molecular formula is C13H17N3O. The monoisotopic (exact) mass is 231 g/mol. The number of aryl methyl sites for hydroxylation is 1. The van der Waals surface area contributed by atoms with Gasteiger partial charge < -0.3 is 10.1 Å². The van der Waals surface area contributed by atoms with Crippen LogP contribution in [-0.4, -0.2) is 26.7 Å². The lowest BCUT2D eigenvalue weighted by Crippen LogP contribution is -2.04. The molecule has 0 spiro atoms. The minimum absolute atomic E-state index is 0.0873. The molecule has 4 nitrogen and oxygen atoms in total. The quantitative estimate of drug-likeness (QED) is 0.848. The maximum atomic E-state index is 9.28. The fourth-order valence-corrected chi connectivity index (χ4v) is 1.88. The van der Waals surface area contributed by atoms with Gasteiger partial charge in [-0.3, -0.25) is 4.98 Å². The fourth-order valence-electron chi connectivity index (χ4n) is 1.88. The molecule has 0 aliphatic carbocycles. The highest BCUT2D eigenvalue weighted by atomic mass is 16.3. The predicted molar refractivity (Wildman–Crippen MR) is 66.7 cm³/mol. The number of aromatic amines is 1. The molecule has 2 rings (SSSR count). The number of hydrogen-bond acceptors (Lipinski definition) is 3. The van der Waals surface area contributed by atoms with Crippen LogP contribution in [0.2, 0.25) is 0 Å².